The summed E-state index contributed by atoms with van der Waals surface area (Å²) in [6.45, 7) is 1.89. The summed E-state index contributed by atoms with van der Waals surface area (Å²) >= 11 is 6.34. The summed E-state index contributed by atoms with van der Waals surface area (Å²) in [6, 6.07) is 16.5. The Hall–Kier alpha value is -3.62. The van der Waals surface area contributed by atoms with Crippen molar-refractivity contribution in [2.75, 3.05) is 38.6 Å². The van der Waals surface area contributed by atoms with Gasteiger partial charge in [0, 0.05) is 42.5 Å². The van der Waals surface area contributed by atoms with Crippen molar-refractivity contribution < 1.29 is 23.5 Å². The van der Waals surface area contributed by atoms with Crippen LogP contribution >= 0.6 is 11.6 Å². The molecule has 9 heteroatoms. The fraction of sp³-hybridized carbons (Fsp3) is 0.240. The van der Waals surface area contributed by atoms with E-state index in [1.807, 2.05) is 23.1 Å². The molecule has 0 spiro atoms. The van der Waals surface area contributed by atoms with Crippen molar-refractivity contribution in [1.82, 2.24) is 9.80 Å². The van der Waals surface area contributed by atoms with E-state index in [4.69, 9.17) is 20.8 Å². The van der Waals surface area contributed by atoms with E-state index in [1.54, 1.807) is 47.4 Å². The molecule has 0 radical (unpaired) electrons. The zero-order valence-electron chi connectivity index (χ0n) is 18.6. The fourth-order valence-electron chi connectivity index (χ4n) is 3.94. The van der Waals surface area contributed by atoms with Gasteiger partial charge in [0.05, 0.1) is 13.4 Å². The van der Waals surface area contributed by atoms with Gasteiger partial charge in [0.2, 0.25) is 0 Å². The maximum atomic E-state index is 13.0. The molecule has 0 bridgehead atoms. The van der Waals surface area contributed by atoms with E-state index >= 15 is 0 Å². The standard InChI is InChI=1S/C25H24ClN3O5/c1-33-25(32)22(19-5-2-3-6-20(19)26)28-12-14-29(15-13-28)24(31)17-8-10-18(11-9-17)27-23(30)21-7-4-16-34-21/h2-11,16,22H,12-15H2,1H3,(H,27,30). The van der Waals surface area contributed by atoms with Gasteiger partial charge in [0.1, 0.15) is 6.04 Å². The highest BCUT2D eigenvalue weighted by Crippen LogP contribution is 2.29. The van der Waals surface area contributed by atoms with Gasteiger partial charge < -0.3 is 19.4 Å². The number of furan rings is 1. The third-order valence-electron chi connectivity index (χ3n) is 5.73. The van der Waals surface area contributed by atoms with Crippen molar-refractivity contribution in [3.63, 3.8) is 0 Å². The normalized spacial score (nSPS) is 14.9. The second-order valence-corrected chi connectivity index (χ2v) is 8.19. The number of hydrogen-bond donors (Lipinski definition) is 1. The van der Waals surface area contributed by atoms with Crippen LogP contribution in [0.5, 0.6) is 0 Å². The summed E-state index contributed by atoms with van der Waals surface area (Å²) in [5.74, 6) is -0.657. The highest BCUT2D eigenvalue weighted by Gasteiger charge is 2.33. The van der Waals surface area contributed by atoms with E-state index < -0.39 is 6.04 Å². The van der Waals surface area contributed by atoms with Gasteiger partial charge in [-0.05, 0) is 48.0 Å². The summed E-state index contributed by atoms with van der Waals surface area (Å²) in [5.41, 5.74) is 1.76. The van der Waals surface area contributed by atoms with Gasteiger partial charge in [-0.1, -0.05) is 29.8 Å². The first-order valence-electron chi connectivity index (χ1n) is 10.8. The Kier molecular flexibility index (Phi) is 7.30. The van der Waals surface area contributed by atoms with Crippen molar-refractivity contribution in [2.45, 2.75) is 6.04 Å². The predicted molar refractivity (Wildman–Crippen MR) is 127 cm³/mol. The van der Waals surface area contributed by atoms with E-state index in [1.165, 1.54) is 13.4 Å². The summed E-state index contributed by atoms with van der Waals surface area (Å²) in [7, 11) is 1.35. The van der Waals surface area contributed by atoms with Crippen LogP contribution in [0.1, 0.15) is 32.5 Å². The van der Waals surface area contributed by atoms with Crippen LogP contribution in [0.3, 0.4) is 0 Å². The van der Waals surface area contributed by atoms with Gasteiger partial charge in [-0.2, -0.15) is 0 Å². The number of nitrogens with one attached hydrogen (secondary N) is 1. The number of benzene rings is 2. The highest BCUT2D eigenvalue weighted by molar-refractivity contribution is 6.31. The predicted octanol–water partition coefficient (Wildman–Crippen LogP) is 3.86. The first-order chi connectivity index (χ1) is 16.5. The molecule has 1 atom stereocenters. The number of amides is 2. The first kappa shape index (κ1) is 23.5. The number of carbonyl (C=O) groups is 3. The van der Waals surface area contributed by atoms with E-state index in [2.05, 4.69) is 5.32 Å². The Morgan fingerprint density at radius 2 is 1.68 bits per heavy atom. The lowest BCUT2D eigenvalue weighted by atomic mass is 10.0. The molecule has 1 fully saturated rings. The molecule has 3 aromatic rings. The van der Waals surface area contributed by atoms with Crippen LogP contribution in [-0.4, -0.2) is 60.9 Å². The quantitative estimate of drug-likeness (QED) is 0.537. The Morgan fingerprint density at radius 3 is 2.29 bits per heavy atom. The number of piperazine rings is 1. The number of halogens is 1. The van der Waals surface area contributed by atoms with Crippen LogP contribution in [0.2, 0.25) is 5.02 Å². The van der Waals surface area contributed by atoms with Crippen LogP contribution in [0.4, 0.5) is 5.69 Å². The second-order valence-electron chi connectivity index (χ2n) is 7.78. The van der Waals surface area contributed by atoms with Gasteiger partial charge in [-0.3, -0.25) is 14.5 Å². The summed E-state index contributed by atoms with van der Waals surface area (Å²) in [6.07, 6.45) is 1.43. The number of carbonyl (C=O) groups excluding carboxylic acids is 3. The number of esters is 1. The van der Waals surface area contributed by atoms with E-state index in [0.29, 0.717) is 48.0 Å². The zero-order valence-corrected chi connectivity index (χ0v) is 19.3. The Morgan fingerprint density at radius 1 is 0.971 bits per heavy atom. The van der Waals surface area contributed by atoms with Crippen molar-refractivity contribution in [1.29, 1.82) is 0 Å². The molecule has 1 N–H and O–H groups in total. The minimum atomic E-state index is -0.631. The molecule has 1 saturated heterocycles. The summed E-state index contributed by atoms with van der Waals surface area (Å²) in [5, 5.41) is 3.22. The molecular formula is C25H24ClN3O5. The van der Waals surface area contributed by atoms with E-state index in [9.17, 15) is 14.4 Å². The van der Waals surface area contributed by atoms with Gasteiger partial charge in [0.25, 0.3) is 11.8 Å². The van der Waals surface area contributed by atoms with Crippen LogP contribution in [0.15, 0.2) is 71.3 Å². The smallest absolute Gasteiger partial charge is 0.327 e. The lowest BCUT2D eigenvalue weighted by Crippen LogP contribution is -2.51. The van der Waals surface area contributed by atoms with Gasteiger partial charge >= 0.3 is 5.97 Å². The molecule has 1 unspecified atom stereocenters. The van der Waals surface area contributed by atoms with Crippen molar-refractivity contribution in [2.24, 2.45) is 0 Å². The molecular weight excluding hydrogens is 458 g/mol. The minimum absolute atomic E-state index is 0.115. The molecule has 0 aliphatic carbocycles. The van der Waals surface area contributed by atoms with Gasteiger partial charge in [-0.15, -0.1) is 0 Å². The molecule has 2 aromatic carbocycles. The number of hydrogen-bond acceptors (Lipinski definition) is 6. The highest BCUT2D eigenvalue weighted by atomic mass is 35.5. The number of nitrogens with zero attached hydrogens (tertiary/aromatic N) is 2. The minimum Gasteiger partial charge on any atom is -0.468 e. The largest absolute Gasteiger partial charge is 0.468 e. The number of ether oxygens (including phenoxy) is 1. The van der Waals surface area contributed by atoms with Crippen molar-refractivity contribution in [3.8, 4) is 0 Å². The maximum absolute atomic E-state index is 13.0. The third-order valence-corrected chi connectivity index (χ3v) is 6.07. The maximum Gasteiger partial charge on any atom is 0.327 e. The molecule has 1 aliphatic rings. The van der Waals surface area contributed by atoms with Crippen LogP contribution in [-0.2, 0) is 9.53 Å². The number of anilines is 1. The molecule has 2 amide bonds. The molecule has 2 heterocycles. The molecule has 34 heavy (non-hydrogen) atoms. The zero-order chi connectivity index (χ0) is 24.1. The Balaban J connectivity index is 1.38. The summed E-state index contributed by atoms with van der Waals surface area (Å²) < 4.78 is 10.1. The SMILES string of the molecule is COC(=O)C(c1ccccc1Cl)N1CCN(C(=O)c2ccc(NC(=O)c3ccco3)cc2)CC1. The molecule has 1 aromatic heterocycles. The number of methoxy groups -OCH3 is 1. The van der Waals surface area contributed by atoms with Crippen LogP contribution < -0.4 is 5.32 Å². The molecule has 4 rings (SSSR count). The molecule has 8 nitrogen and oxygen atoms in total. The molecule has 176 valence electrons. The lowest BCUT2D eigenvalue weighted by molar-refractivity contribution is -0.148. The van der Waals surface area contributed by atoms with Gasteiger partial charge in [-0.25, -0.2) is 4.79 Å². The van der Waals surface area contributed by atoms with Crippen molar-refractivity contribution in [3.05, 3.63) is 88.8 Å². The Bertz CT molecular complexity index is 1160. The second kappa shape index (κ2) is 10.5. The number of rotatable bonds is 6. The monoisotopic (exact) mass is 481 g/mol. The average Bonchev–Trinajstić information content (AvgIpc) is 3.41. The third kappa shape index (κ3) is 5.13. The van der Waals surface area contributed by atoms with Crippen LogP contribution in [0, 0.1) is 0 Å². The van der Waals surface area contributed by atoms with E-state index in [-0.39, 0.29) is 23.5 Å². The Labute approximate surface area is 202 Å². The molecule has 1 aliphatic heterocycles. The lowest BCUT2D eigenvalue weighted by Gasteiger charge is -2.38. The average molecular weight is 482 g/mol. The van der Waals surface area contributed by atoms with Crippen molar-refractivity contribution >= 4 is 35.1 Å². The van der Waals surface area contributed by atoms with Crippen LogP contribution in [0.25, 0.3) is 0 Å². The summed E-state index contributed by atoms with van der Waals surface area (Å²) in [4.78, 5) is 41.4. The molecule has 0 saturated carbocycles. The topological polar surface area (TPSA) is 92.1 Å². The van der Waals surface area contributed by atoms with E-state index in [0.717, 1.165) is 0 Å². The fourth-order valence-corrected chi connectivity index (χ4v) is 4.18. The van der Waals surface area contributed by atoms with Gasteiger partial charge in [0.15, 0.2) is 5.76 Å². The first-order valence-corrected chi connectivity index (χ1v) is 11.2.